The molecular formula is C70H126O5. The Morgan fingerprint density at radius 3 is 0.840 bits per heavy atom. The van der Waals surface area contributed by atoms with Crippen molar-refractivity contribution in [3.05, 3.63) is 41.5 Å². The zero-order valence-electron chi connectivity index (χ0n) is 50.9. The van der Waals surface area contributed by atoms with Crippen LogP contribution in [0.2, 0.25) is 0 Å². The summed E-state index contributed by atoms with van der Waals surface area (Å²) < 4.78 is 32.3. The second kappa shape index (κ2) is 53.4. The molecule has 0 aliphatic carbocycles. The molecule has 0 aromatic heterocycles. The molecule has 2 aromatic carbocycles. The van der Waals surface area contributed by atoms with Crippen molar-refractivity contribution in [3.8, 4) is 28.7 Å². The Morgan fingerprint density at radius 2 is 0.560 bits per heavy atom. The molecule has 2 rings (SSSR count). The van der Waals surface area contributed by atoms with Crippen LogP contribution >= 0.6 is 0 Å². The number of hydrogen-bond acceptors (Lipinski definition) is 5. The molecule has 5 heteroatoms. The summed E-state index contributed by atoms with van der Waals surface area (Å²) in [6.07, 6.45) is 66.4. The van der Waals surface area contributed by atoms with Crippen molar-refractivity contribution >= 4 is 0 Å². The molecule has 75 heavy (non-hydrogen) atoms. The maximum atomic E-state index is 6.73. The number of hydrogen-bond donors (Lipinski definition) is 0. The average molecular weight is 1050 g/mol. The van der Waals surface area contributed by atoms with Crippen molar-refractivity contribution in [1.82, 2.24) is 0 Å². The Morgan fingerprint density at radius 1 is 0.280 bits per heavy atom. The van der Waals surface area contributed by atoms with Gasteiger partial charge in [0.05, 0.1) is 26.9 Å². The summed E-state index contributed by atoms with van der Waals surface area (Å²) in [5.41, 5.74) is 2.22. The summed E-state index contributed by atoms with van der Waals surface area (Å²) in [5.74, 6) is 4.06. The average Bonchev–Trinajstić information content (AvgIpc) is 3.43. The molecule has 0 bridgehead atoms. The van der Waals surface area contributed by atoms with E-state index in [0.29, 0.717) is 26.4 Å². The summed E-state index contributed by atoms with van der Waals surface area (Å²) in [7, 11) is 1.72. The fourth-order valence-corrected chi connectivity index (χ4v) is 10.8. The summed E-state index contributed by atoms with van der Waals surface area (Å²) in [4.78, 5) is 0. The van der Waals surface area contributed by atoms with E-state index >= 15 is 0 Å². The van der Waals surface area contributed by atoms with E-state index in [1.54, 1.807) is 7.11 Å². The van der Waals surface area contributed by atoms with E-state index < -0.39 is 0 Å². The Bertz CT molecular complexity index is 1430. The van der Waals surface area contributed by atoms with Crippen LogP contribution in [-0.4, -0.2) is 26.9 Å². The van der Waals surface area contributed by atoms with Gasteiger partial charge in [-0.25, -0.2) is 0 Å². The van der Waals surface area contributed by atoms with Crippen LogP contribution in [0.3, 0.4) is 0 Å². The molecule has 0 amide bonds. The molecule has 0 spiro atoms. The summed E-state index contributed by atoms with van der Waals surface area (Å²) >= 11 is 0. The van der Waals surface area contributed by atoms with Crippen LogP contribution in [0.4, 0.5) is 0 Å². The van der Waals surface area contributed by atoms with Gasteiger partial charge >= 0.3 is 0 Å². The molecule has 0 fully saturated rings. The smallest absolute Gasteiger partial charge is 0.203 e. The van der Waals surface area contributed by atoms with Crippen molar-refractivity contribution < 1.29 is 23.7 Å². The fraction of sp³-hybridized carbons (Fsp3) is 0.829. The van der Waals surface area contributed by atoms with E-state index in [4.69, 9.17) is 23.7 Å². The lowest BCUT2D eigenvalue weighted by Crippen LogP contribution is -2.08. The first-order valence-electron chi connectivity index (χ1n) is 33.5. The van der Waals surface area contributed by atoms with Crippen LogP contribution in [0, 0.1) is 0 Å². The van der Waals surface area contributed by atoms with Crippen LogP contribution in [0.1, 0.15) is 347 Å². The van der Waals surface area contributed by atoms with Gasteiger partial charge in [0.2, 0.25) is 5.75 Å². The maximum Gasteiger partial charge on any atom is 0.203 e. The predicted molar refractivity (Wildman–Crippen MR) is 328 cm³/mol. The number of unbranched alkanes of at least 4 members (excludes halogenated alkanes) is 45. The van der Waals surface area contributed by atoms with Crippen LogP contribution in [0.15, 0.2) is 30.3 Å². The standard InChI is InChI=1S/C70H126O5/c1-6-10-13-16-19-22-25-28-31-34-37-40-43-46-49-52-57-72-68-60-64(63-75-67-62-66(71-5)56-55-65(67)9-4)61-69(73-58-53-50-47-44-41-38-35-32-29-26-23-20-17-14-11-7-2)70(68)74-59-54-51-48-45-42-39-36-33-30-27-24-21-18-15-12-8-3/h55-56,60-62H,6-54,57-59,63H2,1-5H3. The lowest BCUT2D eigenvalue weighted by atomic mass is 10.0. The van der Waals surface area contributed by atoms with Crippen LogP contribution in [0.5, 0.6) is 28.7 Å². The third-order valence-electron chi connectivity index (χ3n) is 15.9. The molecule has 436 valence electrons. The molecule has 0 saturated heterocycles. The molecule has 0 saturated carbocycles. The Hall–Kier alpha value is -2.56. The number of methoxy groups -OCH3 is 1. The summed E-state index contributed by atoms with van der Waals surface area (Å²) in [6.45, 7) is 11.6. The van der Waals surface area contributed by atoms with Gasteiger partial charge in [-0.2, -0.15) is 0 Å². The highest BCUT2D eigenvalue weighted by Crippen LogP contribution is 2.40. The molecule has 0 heterocycles. The Kier molecular flexibility index (Phi) is 48.8. The number of aryl methyl sites for hydroxylation is 1. The van der Waals surface area contributed by atoms with Crippen LogP contribution in [-0.2, 0) is 13.0 Å². The van der Waals surface area contributed by atoms with Crippen molar-refractivity contribution in [2.24, 2.45) is 0 Å². The first-order chi connectivity index (χ1) is 37.2. The quantitative estimate of drug-likeness (QED) is 0.0618. The number of benzene rings is 2. The molecule has 2 aromatic rings. The minimum absolute atomic E-state index is 0.421. The minimum atomic E-state index is 0.421. The van der Waals surface area contributed by atoms with E-state index in [2.05, 4.69) is 45.9 Å². The third-order valence-corrected chi connectivity index (χ3v) is 15.9. The van der Waals surface area contributed by atoms with Gasteiger partial charge < -0.3 is 23.7 Å². The Labute approximate surface area is 467 Å². The van der Waals surface area contributed by atoms with E-state index in [1.165, 1.54) is 295 Å². The molecule has 0 aliphatic heterocycles. The minimum Gasteiger partial charge on any atom is -0.497 e. The highest BCUT2D eigenvalue weighted by Gasteiger charge is 2.18. The molecule has 0 unspecified atom stereocenters. The van der Waals surface area contributed by atoms with Gasteiger partial charge in [0.15, 0.2) is 11.5 Å². The monoisotopic (exact) mass is 1050 g/mol. The maximum absolute atomic E-state index is 6.73. The highest BCUT2D eigenvalue weighted by atomic mass is 16.5. The highest BCUT2D eigenvalue weighted by molar-refractivity contribution is 5.54. The SMILES string of the molecule is CCCCCCCCCCCCCCCCCCOc1cc(COc2cc(OC)ccc2CC)cc(OCCCCCCCCCCCCCCCCCC)c1OCCCCCCCCCCCCCCCCCC. The predicted octanol–water partition coefficient (Wildman–Crippen LogP) is 23.8. The Balaban J connectivity index is 1.94. The fourth-order valence-electron chi connectivity index (χ4n) is 10.8. The summed E-state index contributed by atoms with van der Waals surface area (Å²) in [6, 6.07) is 10.5. The van der Waals surface area contributed by atoms with Gasteiger partial charge in [-0.1, -0.05) is 323 Å². The molecule has 5 nitrogen and oxygen atoms in total. The molecule has 0 aliphatic rings. The summed E-state index contributed by atoms with van der Waals surface area (Å²) in [5, 5.41) is 0. The van der Waals surface area contributed by atoms with Gasteiger partial charge in [0, 0.05) is 6.07 Å². The van der Waals surface area contributed by atoms with Gasteiger partial charge in [0.25, 0.3) is 0 Å². The van der Waals surface area contributed by atoms with E-state index in [1.807, 2.05) is 12.1 Å². The van der Waals surface area contributed by atoms with Crippen molar-refractivity contribution in [2.75, 3.05) is 26.9 Å². The van der Waals surface area contributed by atoms with Crippen molar-refractivity contribution in [1.29, 1.82) is 0 Å². The van der Waals surface area contributed by atoms with Crippen molar-refractivity contribution in [3.63, 3.8) is 0 Å². The topological polar surface area (TPSA) is 46.2 Å². The third kappa shape index (κ3) is 40.3. The van der Waals surface area contributed by atoms with Gasteiger partial charge in [-0.3, -0.25) is 0 Å². The van der Waals surface area contributed by atoms with E-state index in [0.717, 1.165) is 60.0 Å². The first-order valence-corrected chi connectivity index (χ1v) is 33.5. The molecular weight excluding hydrogens is 921 g/mol. The molecule has 0 N–H and O–H groups in total. The molecule has 0 radical (unpaired) electrons. The zero-order chi connectivity index (χ0) is 53.6. The lowest BCUT2D eigenvalue weighted by molar-refractivity contribution is 0.232. The zero-order valence-corrected chi connectivity index (χ0v) is 50.9. The van der Waals surface area contributed by atoms with Crippen molar-refractivity contribution in [2.45, 2.75) is 349 Å². The van der Waals surface area contributed by atoms with Crippen LogP contribution < -0.4 is 23.7 Å². The second-order valence-corrected chi connectivity index (χ2v) is 23.0. The number of ether oxygens (including phenoxy) is 5. The van der Waals surface area contributed by atoms with Crippen LogP contribution in [0.25, 0.3) is 0 Å². The molecule has 0 atom stereocenters. The van der Waals surface area contributed by atoms with E-state index in [-0.39, 0.29) is 0 Å². The van der Waals surface area contributed by atoms with Gasteiger partial charge in [0.1, 0.15) is 18.1 Å². The normalized spacial score (nSPS) is 11.4. The van der Waals surface area contributed by atoms with Gasteiger partial charge in [-0.05, 0) is 55.0 Å². The van der Waals surface area contributed by atoms with Gasteiger partial charge in [-0.15, -0.1) is 0 Å². The lowest BCUT2D eigenvalue weighted by Gasteiger charge is -2.19. The van der Waals surface area contributed by atoms with E-state index in [9.17, 15) is 0 Å². The number of rotatable bonds is 59. The first kappa shape index (κ1) is 68.5. The second-order valence-electron chi connectivity index (χ2n) is 23.0. The largest absolute Gasteiger partial charge is 0.497 e.